The number of aromatic nitrogens is 2. The third-order valence-electron chi connectivity index (χ3n) is 4.78. The number of aryl methyl sites for hydroxylation is 1. The van der Waals surface area contributed by atoms with Gasteiger partial charge in [-0.05, 0) is 42.3 Å². The molecule has 2 aromatic heterocycles. The van der Waals surface area contributed by atoms with Crippen LogP contribution in [0, 0.1) is 6.92 Å². The van der Waals surface area contributed by atoms with Crippen molar-refractivity contribution in [2.24, 2.45) is 0 Å². The van der Waals surface area contributed by atoms with Crippen LogP contribution in [0.25, 0.3) is 11.0 Å². The van der Waals surface area contributed by atoms with Crippen molar-refractivity contribution in [1.82, 2.24) is 14.5 Å². The number of para-hydroxylation sites is 2. The van der Waals surface area contributed by atoms with Gasteiger partial charge in [0.15, 0.2) is 5.76 Å². The summed E-state index contributed by atoms with van der Waals surface area (Å²) >= 11 is 0. The average molecular weight is 359 g/mol. The van der Waals surface area contributed by atoms with Crippen molar-refractivity contribution in [3.63, 3.8) is 0 Å². The van der Waals surface area contributed by atoms with Crippen LogP contribution in [0.15, 0.2) is 71.3 Å². The molecule has 0 spiro atoms. The molecule has 0 N–H and O–H groups in total. The predicted molar refractivity (Wildman–Crippen MR) is 105 cm³/mol. The second-order valence-corrected chi connectivity index (χ2v) is 6.67. The van der Waals surface area contributed by atoms with E-state index in [1.54, 1.807) is 24.1 Å². The van der Waals surface area contributed by atoms with Crippen LogP contribution in [-0.4, -0.2) is 27.4 Å². The van der Waals surface area contributed by atoms with Crippen LogP contribution in [0.1, 0.15) is 27.5 Å². The fraction of sp³-hybridized carbons (Fsp3) is 0.182. The molecule has 5 nitrogen and oxygen atoms in total. The van der Waals surface area contributed by atoms with Gasteiger partial charge in [-0.15, -0.1) is 0 Å². The van der Waals surface area contributed by atoms with E-state index < -0.39 is 0 Å². The van der Waals surface area contributed by atoms with E-state index in [1.807, 2.05) is 30.3 Å². The van der Waals surface area contributed by atoms with Crippen molar-refractivity contribution in [2.45, 2.75) is 20.0 Å². The fourth-order valence-corrected chi connectivity index (χ4v) is 3.25. The molecule has 4 rings (SSSR count). The van der Waals surface area contributed by atoms with Gasteiger partial charge in [0.1, 0.15) is 5.82 Å². The Kier molecular flexibility index (Phi) is 4.50. The van der Waals surface area contributed by atoms with Crippen LogP contribution >= 0.6 is 0 Å². The van der Waals surface area contributed by atoms with Crippen LogP contribution < -0.4 is 0 Å². The first-order valence-corrected chi connectivity index (χ1v) is 8.91. The molecule has 0 aliphatic rings. The van der Waals surface area contributed by atoms with Crippen molar-refractivity contribution in [3.05, 3.63) is 89.6 Å². The molecule has 0 aliphatic heterocycles. The zero-order chi connectivity index (χ0) is 18.8. The molecule has 0 bridgehead atoms. The molecule has 4 aromatic rings. The fourth-order valence-electron chi connectivity index (χ4n) is 3.25. The second kappa shape index (κ2) is 7.11. The average Bonchev–Trinajstić information content (AvgIpc) is 3.32. The molecule has 27 heavy (non-hydrogen) atoms. The maximum Gasteiger partial charge on any atom is 0.289 e. The number of hydrogen-bond donors (Lipinski definition) is 0. The van der Waals surface area contributed by atoms with Crippen molar-refractivity contribution in [1.29, 1.82) is 0 Å². The van der Waals surface area contributed by atoms with Gasteiger partial charge >= 0.3 is 0 Å². The van der Waals surface area contributed by atoms with Gasteiger partial charge < -0.3 is 13.9 Å². The van der Waals surface area contributed by atoms with Crippen LogP contribution in [0.2, 0.25) is 0 Å². The van der Waals surface area contributed by atoms with Gasteiger partial charge in [-0.3, -0.25) is 4.79 Å². The summed E-state index contributed by atoms with van der Waals surface area (Å²) in [7, 11) is 1.77. The third-order valence-corrected chi connectivity index (χ3v) is 4.78. The summed E-state index contributed by atoms with van der Waals surface area (Å²) in [5, 5.41) is 0. The quantitative estimate of drug-likeness (QED) is 0.535. The van der Waals surface area contributed by atoms with E-state index >= 15 is 0 Å². The molecular weight excluding hydrogens is 338 g/mol. The number of fused-ring (bicyclic) bond motifs is 1. The van der Waals surface area contributed by atoms with Gasteiger partial charge in [-0.25, -0.2) is 4.98 Å². The molecule has 0 aliphatic carbocycles. The zero-order valence-electron chi connectivity index (χ0n) is 15.4. The Morgan fingerprint density at radius 2 is 1.85 bits per heavy atom. The molecule has 0 saturated heterocycles. The highest BCUT2D eigenvalue weighted by Crippen LogP contribution is 2.20. The Morgan fingerprint density at radius 1 is 1.07 bits per heavy atom. The predicted octanol–water partition coefficient (Wildman–Crippen LogP) is 4.26. The van der Waals surface area contributed by atoms with Crippen LogP contribution in [-0.2, 0) is 13.1 Å². The monoisotopic (exact) mass is 359 g/mol. The normalized spacial score (nSPS) is 11.0. The highest BCUT2D eigenvalue weighted by atomic mass is 16.3. The molecule has 5 heteroatoms. The molecule has 0 atom stereocenters. The smallest absolute Gasteiger partial charge is 0.289 e. The summed E-state index contributed by atoms with van der Waals surface area (Å²) in [6, 6.07) is 19.8. The number of benzene rings is 2. The van der Waals surface area contributed by atoms with E-state index in [-0.39, 0.29) is 5.91 Å². The number of hydrogen-bond acceptors (Lipinski definition) is 3. The number of carbonyl (C=O) groups is 1. The maximum absolute atomic E-state index is 12.5. The lowest BCUT2D eigenvalue weighted by Crippen LogP contribution is -2.27. The maximum atomic E-state index is 12.5. The Bertz CT molecular complexity index is 1080. The van der Waals surface area contributed by atoms with Crippen molar-refractivity contribution in [2.75, 3.05) is 7.05 Å². The number of imidazole rings is 1. The summed E-state index contributed by atoms with van der Waals surface area (Å²) in [4.78, 5) is 19.0. The Hall–Kier alpha value is -3.34. The van der Waals surface area contributed by atoms with Gasteiger partial charge in [0.05, 0.1) is 23.8 Å². The minimum absolute atomic E-state index is 0.158. The summed E-state index contributed by atoms with van der Waals surface area (Å²) in [6.45, 7) is 3.23. The number of nitrogens with zero attached hydrogens (tertiary/aromatic N) is 3. The standard InChI is InChI=1S/C22H21N3O2/c1-16-8-3-4-9-17(16)14-25-19-11-6-5-10-18(19)23-21(25)15-24(2)22(26)20-12-7-13-27-20/h3-13H,14-15H2,1-2H3. The van der Waals surface area contributed by atoms with E-state index in [0.29, 0.717) is 18.8 Å². The number of furan rings is 1. The Labute approximate surface area is 157 Å². The van der Waals surface area contributed by atoms with Crippen LogP contribution in [0.5, 0.6) is 0 Å². The lowest BCUT2D eigenvalue weighted by Gasteiger charge is -2.17. The lowest BCUT2D eigenvalue weighted by molar-refractivity contribution is 0.0748. The van der Waals surface area contributed by atoms with E-state index in [2.05, 4.69) is 29.7 Å². The van der Waals surface area contributed by atoms with Gasteiger partial charge in [-0.1, -0.05) is 36.4 Å². The van der Waals surface area contributed by atoms with Gasteiger partial charge in [0.25, 0.3) is 5.91 Å². The molecule has 0 radical (unpaired) electrons. The molecule has 2 heterocycles. The minimum Gasteiger partial charge on any atom is -0.459 e. The van der Waals surface area contributed by atoms with Crippen LogP contribution in [0.4, 0.5) is 0 Å². The highest BCUT2D eigenvalue weighted by molar-refractivity contribution is 5.91. The third kappa shape index (κ3) is 3.36. The van der Waals surface area contributed by atoms with Gasteiger partial charge in [0, 0.05) is 13.6 Å². The van der Waals surface area contributed by atoms with Crippen molar-refractivity contribution in [3.8, 4) is 0 Å². The number of amides is 1. The number of carbonyl (C=O) groups excluding carboxylic acids is 1. The summed E-state index contributed by atoms with van der Waals surface area (Å²) in [5.41, 5.74) is 4.47. The first-order chi connectivity index (χ1) is 13.1. The molecule has 1 amide bonds. The molecule has 0 unspecified atom stereocenters. The molecule has 136 valence electrons. The van der Waals surface area contributed by atoms with E-state index in [0.717, 1.165) is 16.9 Å². The van der Waals surface area contributed by atoms with Gasteiger partial charge in [-0.2, -0.15) is 0 Å². The summed E-state index contributed by atoms with van der Waals surface area (Å²) in [5.74, 6) is 1.02. The number of rotatable bonds is 5. The first kappa shape index (κ1) is 17.1. The SMILES string of the molecule is Cc1ccccc1Cn1c(CN(C)C(=O)c2ccco2)nc2ccccc21. The summed E-state index contributed by atoms with van der Waals surface area (Å²) in [6.07, 6.45) is 1.51. The topological polar surface area (TPSA) is 51.3 Å². The van der Waals surface area contributed by atoms with E-state index in [9.17, 15) is 4.79 Å². The molecule has 0 saturated carbocycles. The largest absolute Gasteiger partial charge is 0.459 e. The Balaban J connectivity index is 1.70. The van der Waals surface area contributed by atoms with Crippen molar-refractivity contribution < 1.29 is 9.21 Å². The first-order valence-electron chi connectivity index (χ1n) is 8.91. The summed E-state index contributed by atoms with van der Waals surface area (Å²) < 4.78 is 7.42. The van der Waals surface area contributed by atoms with Crippen LogP contribution in [0.3, 0.4) is 0 Å². The lowest BCUT2D eigenvalue weighted by atomic mass is 10.1. The van der Waals surface area contributed by atoms with Crippen molar-refractivity contribution >= 4 is 16.9 Å². The Morgan fingerprint density at radius 3 is 2.63 bits per heavy atom. The van der Waals surface area contributed by atoms with E-state index in [4.69, 9.17) is 9.40 Å². The molecular formula is C22H21N3O2. The van der Waals surface area contributed by atoms with E-state index in [1.165, 1.54) is 17.4 Å². The minimum atomic E-state index is -0.158. The molecule has 2 aromatic carbocycles. The second-order valence-electron chi connectivity index (χ2n) is 6.67. The zero-order valence-corrected chi connectivity index (χ0v) is 15.4. The highest BCUT2D eigenvalue weighted by Gasteiger charge is 2.19. The van der Waals surface area contributed by atoms with Gasteiger partial charge in [0.2, 0.25) is 0 Å². The molecule has 0 fully saturated rings.